The molecule has 6 nitrogen and oxygen atoms in total. The first-order chi connectivity index (χ1) is 12.7. The molecule has 0 N–H and O–H groups in total. The van der Waals surface area contributed by atoms with E-state index in [9.17, 15) is 4.79 Å². The molecule has 0 aliphatic carbocycles. The summed E-state index contributed by atoms with van der Waals surface area (Å²) in [5, 5.41) is 0.902. The monoisotopic (exact) mass is 368 g/mol. The Morgan fingerprint density at radius 2 is 2.08 bits per heavy atom. The predicted octanol–water partition coefficient (Wildman–Crippen LogP) is 4.38. The van der Waals surface area contributed by atoms with Crippen molar-refractivity contribution in [3.05, 3.63) is 59.1 Å². The number of aromatic nitrogens is 1. The molecule has 2 aromatic heterocycles. The van der Waals surface area contributed by atoms with Crippen LogP contribution in [0.5, 0.6) is 17.4 Å². The number of benzene rings is 1. The first-order valence-corrected chi connectivity index (χ1v) is 8.77. The first kappa shape index (κ1) is 16.4. The molecule has 4 rings (SSSR count). The lowest BCUT2D eigenvalue weighted by Gasteiger charge is -2.21. The van der Waals surface area contributed by atoms with E-state index in [1.54, 1.807) is 19.4 Å². The fraction of sp³-hybridized carbons (Fsp3) is 0.158. The van der Waals surface area contributed by atoms with Gasteiger partial charge in [-0.1, -0.05) is 12.1 Å². The summed E-state index contributed by atoms with van der Waals surface area (Å²) in [6.45, 7) is 0.562. The molecular weight excluding hydrogens is 352 g/mol. The van der Waals surface area contributed by atoms with Crippen molar-refractivity contribution in [3.63, 3.8) is 0 Å². The quantitative estimate of drug-likeness (QED) is 0.639. The van der Waals surface area contributed by atoms with Crippen LogP contribution in [0.15, 0.2) is 48.7 Å². The molecule has 1 aliphatic rings. The summed E-state index contributed by atoms with van der Waals surface area (Å²) in [5.41, 5.74) is 1.79. The van der Waals surface area contributed by atoms with E-state index in [0.29, 0.717) is 28.8 Å². The van der Waals surface area contributed by atoms with Crippen LogP contribution in [0.1, 0.15) is 15.2 Å². The van der Waals surface area contributed by atoms with E-state index >= 15 is 0 Å². The lowest BCUT2D eigenvalue weighted by atomic mass is 10.1. The molecule has 3 heterocycles. The molecule has 7 heteroatoms. The van der Waals surface area contributed by atoms with Crippen molar-refractivity contribution in [1.82, 2.24) is 4.98 Å². The third-order valence-corrected chi connectivity index (χ3v) is 5.18. The third-order valence-electron chi connectivity index (χ3n) is 4.09. The normalized spacial score (nSPS) is 12.5. The van der Waals surface area contributed by atoms with Gasteiger partial charge in [-0.05, 0) is 30.3 Å². The van der Waals surface area contributed by atoms with Crippen molar-refractivity contribution in [2.75, 3.05) is 19.1 Å². The highest BCUT2D eigenvalue weighted by atomic mass is 32.1. The molecule has 26 heavy (non-hydrogen) atoms. The first-order valence-electron chi connectivity index (χ1n) is 7.95. The fourth-order valence-electron chi connectivity index (χ4n) is 2.86. The number of esters is 1. The number of hydrogen-bond acceptors (Lipinski definition) is 7. The van der Waals surface area contributed by atoms with Crippen molar-refractivity contribution in [3.8, 4) is 17.4 Å². The van der Waals surface area contributed by atoms with E-state index in [0.717, 1.165) is 16.3 Å². The number of para-hydroxylation sites is 1. The van der Waals surface area contributed by atoms with Gasteiger partial charge in [0.05, 0.1) is 25.8 Å². The van der Waals surface area contributed by atoms with Crippen LogP contribution in [-0.4, -0.2) is 25.2 Å². The number of fused-ring (bicyclic) bond motifs is 2. The predicted molar refractivity (Wildman–Crippen MR) is 98.8 cm³/mol. The van der Waals surface area contributed by atoms with Crippen molar-refractivity contribution in [1.29, 1.82) is 0 Å². The number of hydrogen-bond donors (Lipinski definition) is 0. The maximum Gasteiger partial charge on any atom is 0.348 e. The van der Waals surface area contributed by atoms with E-state index in [1.807, 2.05) is 36.4 Å². The van der Waals surface area contributed by atoms with E-state index < -0.39 is 0 Å². The summed E-state index contributed by atoms with van der Waals surface area (Å²) in [5.74, 6) is 1.45. The minimum atomic E-state index is -0.346. The zero-order valence-electron chi connectivity index (χ0n) is 14.3. The van der Waals surface area contributed by atoms with Gasteiger partial charge in [-0.15, -0.1) is 11.3 Å². The number of anilines is 2. The molecule has 1 aliphatic heterocycles. The molecule has 0 amide bonds. The largest absolute Gasteiger partial charge is 0.493 e. The van der Waals surface area contributed by atoms with Crippen LogP contribution in [0.2, 0.25) is 0 Å². The van der Waals surface area contributed by atoms with Gasteiger partial charge in [0.1, 0.15) is 10.6 Å². The Labute approximate surface area is 154 Å². The van der Waals surface area contributed by atoms with Crippen molar-refractivity contribution < 1.29 is 19.0 Å². The zero-order valence-corrected chi connectivity index (χ0v) is 15.1. The maximum atomic E-state index is 11.8. The summed E-state index contributed by atoms with van der Waals surface area (Å²) in [7, 11) is 2.99. The second kappa shape index (κ2) is 6.68. The number of ether oxygens (including phenoxy) is 3. The summed E-state index contributed by atoms with van der Waals surface area (Å²) < 4.78 is 16.3. The lowest BCUT2D eigenvalue weighted by molar-refractivity contribution is 0.0606. The Morgan fingerprint density at radius 1 is 1.19 bits per heavy atom. The smallest absolute Gasteiger partial charge is 0.348 e. The molecule has 0 spiro atoms. The van der Waals surface area contributed by atoms with Gasteiger partial charge < -0.3 is 19.1 Å². The topological polar surface area (TPSA) is 60.9 Å². The maximum absolute atomic E-state index is 11.8. The van der Waals surface area contributed by atoms with Crippen LogP contribution in [0.3, 0.4) is 0 Å². The van der Waals surface area contributed by atoms with Crippen LogP contribution in [0.25, 0.3) is 0 Å². The summed E-state index contributed by atoms with van der Waals surface area (Å²) in [6.07, 6.45) is 1.69. The van der Waals surface area contributed by atoms with E-state index in [1.165, 1.54) is 18.4 Å². The summed E-state index contributed by atoms with van der Waals surface area (Å²) in [4.78, 5) is 18.8. The standard InChI is InChI=1S/C19H16N2O4S/c1-23-14-7-3-5-12-11-21(16-9-8-15(26-16)19(22)24-2)13-6-4-10-20-18(13)25-17(12)14/h3-10H,11H2,1-2H3. The Kier molecular flexibility index (Phi) is 4.22. The zero-order chi connectivity index (χ0) is 18.1. The van der Waals surface area contributed by atoms with Crippen molar-refractivity contribution in [2.24, 2.45) is 0 Å². The summed E-state index contributed by atoms with van der Waals surface area (Å²) in [6, 6.07) is 13.2. The highest BCUT2D eigenvalue weighted by Gasteiger charge is 2.26. The second-order valence-corrected chi connectivity index (χ2v) is 6.66. The Hall–Kier alpha value is -3.06. The highest BCUT2D eigenvalue weighted by molar-refractivity contribution is 7.18. The Bertz CT molecular complexity index is 970. The van der Waals surface area contributed by atoms with Crippen LogP contribution in [0, 0.1) is 0 Å². The van der Waals surface area contributed by atoms with E-state index in [4.69, 9.17) is 14.2 Å². The van der Waals surface area contributed by atoms with Crippen LogP contribution >= 0.6 is 11.3 Å². The Morgan fingerprint density at radius 3 is 2.88 bits per heavy atom. The van der Waals surface area contributed by atoms with Gasteiger partial charge in [0.2, 0.25) is 5.88 Å². The van der Waals surface area contributed by atoms with Crippen molar-refractivity contribution in [2.45, 2.75) is 6.54 Å². The molecule has 0 bridgehead atoms. The van der Waals surface area contributed by atoms with Crippen LogP contribution < -0.4 is 14.4 Å². The van der Waals surface area contributed by atoms with Gasteiger partial charge >= 0.3 is 5.97 Å². The number of carbonyl (C=O) groups excluding carboxylic acids is 1. The number of methoxy groups -OCH3 is 2. The van der Waals surface area contributed by atoms with Crippen LogP contribution in [-0.2, 0) is 11.3 Å². The van der Waals surface area contributed by atoms with Gasteiger partial charge in [0, 0.05) is 11.8 Å². The third kappa shape index (κ3) is 2.76. The molecular formula is C19H16N2O4S. The molecule has 1 aromatic carbocycles. The van der Waals surface area contributed by atoms with E-state index in [-0.39, 0.29) is 5.97 Å². The van der Waals surface area contributed by atoms with Gasteiger partial charge in [-0.25, -0.2) is 9.78 Å². The number of rotatable bonds is 3. The van der Waals surface area contributed by atoms with Gasteiger partial charge in [0.25, 0.3) is 0 Å². The average Bonchev–Trinajstić information content (AvgIpc) is 3.10. The van der Waals surface area contributed by atoms with Gasteiger partial charge in [-0.2, -0.15) is 0 Å². The summed E-state index contributed by atoms with van der Waals surface area (Å²) >= 11 is 1.37. The van der Waals surface area contributed by atoms with Gasteiger partial charge in [-0.3, -0.25) is 0 Å². The minimum absolute atomic E-state index is 0.346. The molecule has 0 unspecified atom stereocenters. The molecule has 0 saturated carbocycles. The molecule has 0 saturated heterocycles. The molecule has 0 atom stereocenters. The second-order valence-electron chi connectivity index (χ2n) is 5.59. The number of nitrogens with zero attached hydrogens (tertiary/aromatic N) is 2. The lowest BCUT2D eigenvalue weighted by Crippen LogP contribution is -2.14. The Balaban J connectivity index is 1.84. The number of pyridine rings is 1. The van der Waals surface area contributed by atoms with Gasteiger partial charge in [0.15, 0.2) is 11.5 Å². The number of carbonyl (C=O) groups is 1. The molecule has 0 fully saturated rings. The van der Waals surface area contributed by atoms with Crippen LogP contribution in [0.4, 0.5) is 10.7 Å². The molecule has 3 aromatic rings. The van der Waals surface area contributed by atoms with E-state index in [2.05, 4.69) is 9.88 Å². The SMILES string of the molecule is COC(=O)c1ccc(N2Cc3cccc(OC)c3Oc3ncccc32)s1. The minimum Gasteiger partial charge on any atom is -0.493 e. The fourth-order valence-corrected chi connectivity index (χ4v) is 3.80. The average molecular weight is 368 g/mol. The number of thiophene rings is 1. The molecule has 0 radical (unpaired) electrons. The molecule has 132 valence electrons. The highest BCUT2D eigenvalue weighted by Crippen LogP contribution is 2.45. The van der Waals surface area contributed by atoms with Crippen molar-refractivity contribution >= 4 is 28.0 Å².